The van der Waals surface area contributed by atoms with Gasteiger partial charge in [-0.15, -0.1) is 0 Å². The van der Waals surface area contributed by atoms with Crippen LogP contribution in [0.25, 0.3) is 10.9 Å². The fraction of sp³-hybridized carbons (Fsp3) is 0.381. The van der Waals surface area contributed by atoms with Gasteiger partial charge in [-0.3, -0.25) is 4.98 Å². The maximum atomic E-state index is 14.0. The van der Waals surface area contributed by atoms with Crippen LogP contribution in [0.2, 0.25) is 0 Å². The molecule has 0 amide bonds. The minimum Gasteiger partial charge on any atom is -0.493 e. The largest absolute Gasteiger partial charge is 0.493 e. The second-order valence-electron chi connectivity index (χ2n) is 7.65. The van der Waals surface area contributed by atoms with Gasteiger partial charge in [-0.2, -0.15) is 13.2 Å². The van der Waals surface area contributed by atoms with Crippen LogP contribution in [-0.4, -0.2) is 33.5 Å². The Labute approximate surface area is 174 Å². The molecule has 1 aliphatic rings. The highest BCUT2D eigenvalue weighted by Gasteiger charge is 2.54. The van der Waals surface area contributed by atoms with Crippen LogP contribution in [0.1, 0.15) is 36.1 Å². The molecule has 0 radical (unpaired) electrons. The first-order valence-electron chi connectivity index (χ1n) is 9.32. The van der Waals surface area contributed by atoms with E-state index < -0.39 is 30.5 Å². The molecule has 2 N–H and O–H groups in total. The third-order valence-electron chi connectivity index (χ3n) is 5.44. The van der Waals surface area contributed by atoms with Gasteiger partial charge in [-0.05, 0) is 47.7 Å². The lowest BCUT2D eigenvalue weighted by atomic mass is 9.83. The van der Waals surface area contributed by atoms with Crippen molar-refractivity contribution in [2.45, 2.75) is 43.9 Å². The van der Waals surface area contributed by atoms with E-state index in [2.05, 4.69) is 25.9 Å². The van der Waals surface area contributed by atoms with Crippen molar-refractivity contribution in [2.75, 3.05) is 6.61 Å². The average molecular weight is 469 g/mol. The first-order valence-corrected chi connectivity index (χ1v) is 10.1. The van der Waals surface area contributed by atoms with E-state index in [-0.39, 0.29) is 0 Å². The number of hydrogen-bond donors (Lipinski definition) is 2. The third kappa shape index (κ3) is 3.88. The first kappa shape index (κ1) is 20.2. The smallest absolute Gasteiger partial charge is 0.417 e. The molecule has 0 fully saturated rings. The van der Waals surface area contributed by atoms with Gasteiger partial charge in [0.2, 0.25) is 0 Å². The number of aromatic nitrogens is 2. The van der Waals surface area contributed by atoms with E-state index in [4.69, 9.17) is 4.74 Å². The molecule has 2 atom stereocenters. The highest BCUT2D eigenvalue weighted by atomic mass is 79.9. The van der Waals surface area contributed by atoms with Gasteiger partial charge in [0.05, 0.1) is 18.3 Å². The Morgan fingerprint density at radius 1 is 1.31 bits per heavy atom. The van der Waals surface area contributed by atoms with Crippen LogP contribution in [-0.2, 0) is 12.8 Å². The molecule has 3 aromatic rings. The van der Waals surface area contributed by atoms with Crippen LogP contribution in [0.15, 0.2) is 41.1 Å². The van der Waals surface area contributed by atoms with Crippen molar-refractivity contribution in [1.82, 2.24) is 9.97 Å². The summed E-state index contributed by atoms with van der Waals surface area (Å²) in [7, 11) is 0. The molecule has 3 heterocycles. The molecule has 1 aromatic carbocycles. The number of alkyl halides is 3. The van der Waals surface area contributed by atoms with E-state index >= 15 is 0 Å². The fourth-order valence-electron chi connectivity index (χ4n) is 4.01. The zero-order valence-corrected chi connectivity index (χ0v) is 17.3. The molecule has 8 heteroatoms. The summed E-state index contributed by atoms with van der Waals surface area (Å²) in [5, 5.41) is 11.5. The zero-order chi connectivity index (χ0) is 20.8. The predicted octanol–water partition coefficient (Wildman–Crippen LogP) is 5.29. The number of aliphatic hydroxyl groups is 1. The number of rotatable bonds is 5. The summed E-state index contributed by atoms with van der Waals surface area (Å²) < 4.78 is 48.3. The molecule has 2 unspecified atom stereocenters. The Balaban J connectivity index is 1.65. The lowest BCUT2D eigenvalue weighted by molar-refractivity contribution is -0.263. The van der Waals surface area contributed by atoms with Crippen molar-refractivity contribution in [3.63, 3.8) is 0 Å². The zero-order valence-electron chi connectivity index (χ0n) is 15.7. The van der Waals surface area contributed by atoms with Crippen molar-refractivity contribution in [2.24, 2.45) is 0 Å². The highest BCUT2D eigenvalue weighted by Crippen LogP contribution is 2.44. The van der Waals surface area contributed by atoms with Gasteiger partial charge in [-0.25, -0.2) is 0 Å². The van der Waals surface area contributed by atoms with Crippen molar-refractivity contribution >= 4 is 26.8 Å². The quantitative estimate of drug-likeness (QED) is 0.534. The van der Waals surface area contributed by atoms with E-state index in [1.54, 1.807) is 37.5 Å². The molecule has 1 aliphatic heterocycles. The van der Waals surface area contributed by atoms with Gasteiger partial charge in [-0.1, -0.05) is 22.9 Å². The Kier molecular flexibility index (Phi) is 5.11. The molecule has 29 heavy (non-hydrogen) atoms. The Morgan fingerprint density at radius 2 is 2.10 bits per heavy atom. The van der Waals surface area contributed by atoms with E-state index in [9.17, 15) is 18.3 Å². The molecular formula is C21H20BrF3N2O2. The summed E-state index contributed by atoms with van der Waals surface area (Å²) in [4.78, 5) is 6.90. The van der Waals surface area contributed by atoms with Crippen LogP contribution in [0.3, 0.4) is 0 Å². The number of pyridine rings is 1. The van der Waals surface area contributed by atoms with Gasteiger partial charge in [0, 0.05) is 34.6 Å². The second kappa shape index (κ2) is 7.32. The molecule has 2 aromatic heterocycles. The van der Waals surface area contributed by atoms with Crippen LogP contribution in [0.4, 0.5) is 13.2 Å². The number of nitrogens with one attached hydrogen (secondary N) is 1. The maximum absolute atomic E-state index is 14.0. The monoisotopic (exact) mass is 468 g/mol. The summed E-state index contributed by atoms with van der Waals surface area (Å²) in [6.07, 6.45) is -1.97. The summed E-state index contributed by atoms with van der Waals surface area (Å²) in [6.45, 7) is 2.20. The molecule has 4 nitrogen and oxygen atoms in total. The van der Waals surface area contributed by atoms with Crippen LogP contribution in [0, 0.1) is 0 Å². The maximum Gasteiger partial charge on any atom is 0.417 e. The Hall–Kier alpha value is -2.06. The molecule has 4 rings (SSSR count). The number of halogens is 4. The molecule has 0 bridgehead atoms. The Morgan fingerprint density at radius 3 is 2.83 bits per heavy atom. The molecular weight excluding hydrogens is 449 g/mol. The minimum absolute atomic E-state index is 0.316. The van der Waals surface area contributed by atoms with E-state index in [1.165, 1.54) is 0 Å². The van der Waals surface area contributed by atoms with Crippen LogP contribution in [0.5, 0.6) is 5.75 Å². The second-order valence-corrected chi connectivity index (χ2v) is 8.57. The lowest BCUT2D eigenvalue weighted by Gasteiger charge is -2.33. The average Bonchev–Trinajstić information content (AvgIpc) is 3.25. The third-order valence-corrected chi connectivity index (χ3v) is 5.90. The number of aromatic amines is 1. The number of nitrogens with zero attached hydrogens (tertiary/aromatic N) is 1. The van der Waals surface area contributed by atoms with Crippen LogP contribution < -0.4 is 4.74 Å². The lowest BCUT2D eigenvalue weighted by Crippen LogP contribution is -2.48. The minimum atomic E-state index is -4.78. The summed E-state index contributed by atoms with van der Waals surface area (Å²) in [5.74, 6) is 0.0823. The number of benzene rings is 1. The van der Waals surface area contributed by atoms with Crippen molar-refractivity contribution in [3.8, 4) is 5.75 Å². The normalized spacial score (nSPS) is 17.0. The topological polar surface area (TPSA) is 58.1 Å². The highest BCUT2D eigenvalue weighted by molar-refractivity contribution is 9.10. The standard InChI is InChI=1S/C21H20BrF3N2O2/c1-12(17-8-15(22)6-14-3-5-29-19(14)17)9-20(28,21(23,24)25)10-16-7-13-2-4-26-11-18(13)27-16/h2,4,6-8,11-12,27-28H,3,5,9-10H2,1H3. The first-order chi connectivity index (χ1) is 13.7. The van der Waals surface area contributed by atoms with Gasteiger partial charge in [0.15, 0.2) is 5.60 Å². The number of fused-ring (bicyclic) bond motifs is 2. The predicted molar refractivity (Wildman–Crippen MR) is 107 cm³/mol. The molecule has 0 aliphatic carbocycles. The number of ether oxygens (including phenoxy) is 1. The molecule has 154 valence electrons. The number of H-pyrrole nitrogens is 1. The van der Waals surface area contributed by atoms with E-state index in [0.29, 0.717) is 29.1 Å². The van der Waals surface area contributed by atoms with Gasteiger partial charge in [0.1, 0.15) is 5.75 Å². The Bertz CT molecular complexity index is 1020. The molecule has 0 spiro atoms. The molecule has 0 saturated carbocycles. The summed E-state index contributed by atoms with van der Waals surface area (Å²) in [6, 6.07) is 7.04. The van der Waals surface area contributed by atoms with Crippen molar-refractivity contribution in [1.29, 1.82) is 0 Å². The van der Waals surface area contributed by atoms with Crippen molar-refractivity contribution in [3.05, 3.63) is 58.0 Å². The molecule has 0 saturated heterocycles. The van der Waals surface area contributed by atoms with Crippen LogP contribution >= 0.6 is 15.9 Å². The summed E-state index contributed by atoms with van der Waals surface area (Å²) in [5.41, 5.74) is -0.279. The van der Waals surface area contributed by atoms with Gasteiger partial charge < -0.3 is 14.8 Å². The SMILES string of the molecule is CC(CC(O)(Cc1cc2ccncc2[nH]1)C(F)(F)F)c1cc(Br)cc2c1OCC2. The van der Waals surface area contributed by atoms with Gasteiger partial charge >= 0.3 is 6.18 Å². The van der Waals surface area contributed by atoms with Gasteiger partial charge in [0.25, 0.3) is 0 Å². The summed E-state index contributed by atoms with van der Waals surface area (Å²) >= 11 is 3.43. The fourth-order valence-corrected chi connectivity index (χ4v) is 4.53. The van der Waals surface area contributed by atoms with Crippen molar-refractivity contribution < 1.29 is 23.0 Å². The van der Waals surface area contributed by atoms with E-state index in [0.717, 1.165) is 21.8 Å². The number of hydrogen-bond acceptors (Lipinski definition) is 3. The van der Waals surface area contributed by atoms with E-state index in [1.807, 2.05) is 6.07 Å².